The van der Waals surface area contributed by atoms with E-state index in [1.807, 2.05) is 0 Å². The van der Waals surface area contributed by atoms with Gasteiger partial charge in [0, 0.05) is 46.5 Å². The summed E-state index contributed by atoms with van der Waals surface area (Å²) in [6.45, 7) is 11.1. The third-order valence-corrected chi connectivity index (χ3v) is 16.2. The zero-order valence-electron chi connectivity index (χ0n) is 55.3. The van der Waals surface area contributed by atoms with Crippen LogP contribution in [0.2, 0.25) is 0 Å². The molecule has 2 aliphatic rings. The summed E-state index contributed by atoms with van der Waals surface area (Å²) in [6.07, 6.45) is 1.13. The van der Waals surface area contributed by atoms with Crippen LogP contribution in [0.15, 0.2) is 94.5 Å². The Labute approximate surface area is 584 Å². The van der Waals surface area contributed by atoms with E-state index in [0.29, 0.717) is 122 Å². The van der Waals surface area contributed by atoms with Crippen molar-refractivity contribution in [3.63, 3.8) is 0 Å². The highest BCUT2D eigenvalue weighted by atomic mass is 35.6. The van der Waals surface area contributed by atoms with Gasteiger partial charge in [0.2, 0.25) is 28.3 Å². The minimum Gasteiger partial charge on any atom is -0.493 e. The highest BCUT2D eigenvalue weighted by Gasteiger charge is 2.35. The first kappa shape index (κ1) is 80.0. The van der Waals surface area contributed by atoms with Gasteiger partial charge in [0.05, 0.1) is 88.2 Å². The third-order valence-electron chi connectivity index (χ3n) is 15.3. The van der Waals surface area contributed by atoms with E-state index in [9.17, 15) is 33.9 Å². The first-order valence-electron chi connectivity index (χ1n) is 29.7. The van der Waals surface area contributed by atoms with Crippen LogP contribution in [0.25, 0.3) is 22.3 Å². The molecular formula is C69H81Cl6N3O17. The van der Waals surface area contributed by atoms with Gasteiger partial charge in [-0.3, -0.25) is 19.2 Å². The minimum atomic E-state index is -0.750. The maximum Gasteiger partial charge on any atom is 0.407 e. The number of alkyl halides is 5. The SMILES string of the molecule is CCN(CC)CC.COC(=O)N[C@@H]1CCc2c(COC(=O)c3ccc(CCl)cc3)c(OC)c(OC)c(OC)c2-c2ccc(OC)c(=O)cc21.COc1c(CO)c2c(c(OC)c1OC)-c1ccc(OC)c(=O)cc1[C@H](NC(C)=O)CC2.ClC(Cl)Cl.O=C(Cl)c1ccc(CCl)cc1. The maximum absolute atomic E-state index is 13.0. The molecule has 6 aromatic carbocycles. The van der Waals surface area contributed by atoms with Crippen molar-refractivity contribution in [2.75, 3.05) is 83.6 Å². The molecule has 95 heavy (non-hydrogen) atoms. The number of halogens is 6. The summed E-state index contributed by atoms with van der Waals surface area (Å²) < 4.78 is 54.7. The molecule has 0 aliphatic heterocycles. The molecule has 3 N–H and O–H groups in total. The molecule has 0 fully saturated rings. The van der Waals surface area contributed by atoms with Gasteiger partial charge in [-0.15, -0.1) is 23.2 Å². The number of nitrogens with one attached hydrogen (secondary N) is 2. The van der Waals surface area contributed by atoms with Crippen molar-refractivity contribution in [2.45, 2.75) is 94.7 Å². The number of benzene rings is 4. The number of methoxy groups -OCH3 is 9. The second-order valence-corrected chi connectivity index (χ2v) is 23.3. The molecule has 0 unspecified atom stereocenters. The van der Waals surface area contributed by atoms with Gasteiger partial charge in [-0.1, -0.05) is 92.0 Å². The largest absolute Gasteiger partial charge is 0.493 e. The molecule has 0 saturated carbocycles. The number of aliphatic hydroxyl groups excluding tert-OH is 1. The number of fused-ring (bicyclic) bond motifs is 6. The van der Waals surface area contributed by atoms with Crippen molar-refractivity contribution in [3.05, 3.63) is 161 Å². The summed E-state index contributed by atoms with van der Waals surface area (Å²) in [5.41, 5.74) is 8.45. The van der Waals surface area contributed by atoms with Gasteiger partial charge >= 0.3 is 12.1 Å². The van der Waals surface area contributed by atoms with E-state index in [1.165, 1.54) is 103 Å². The van der Waals surface area contributed by atoms with Gasteiger partial charge in [-0.05, 0) is 150 Å². The third kappa shape index (κ3) is 21.0. The quantitative estimate of drug-likeness (QED) is 0.0365. The fourth-order valence-corrected chi connectivity index (χ4v) is 11.3. The van der Waals surface area contributed by atoms with Crippen LogP contribution in [0.1, 0.15) is 118 Å². The number of carbonyl (C=O) groups excluding carboxylic acids is 4. The minimum absolute atomic E-state index is 0.121. The molecule has 8 rings (SSSR count). The van der Waals surface area contributed by atoms with Crippen LogP contribution in [0.5, 0.6) is 46.0 Å². The number of hydrogen-bond donors (Lipinski definition) is 3. The van der Waals surface area contributed by atoms with E-state index >= 15 is 0 Å². The van der Waals surface area contributed by atoms with Gasteiger partial charge < -0.3 is 68.0 Å². The molecule has 0 aromatic heterocycles. The molecular weight excluding hydrogens is 1360 g/mol. The second kappa shape index (κ2) is 40.2. The van der Waals surface area contributed by atoms with Crippen LogP contribution in [0.3, 0.4) is 0 Å². The van der Waals surface area contributed by atoms with Crippen LogP contribution < -0.4 is 59.4 Å². The summed E-state index contributed by atoms with van der Waals surface area (Å²) in [5, 5.41) is 15.5. The predicted octanol–water partition coefficient (Wildman–Crippen LogP) is 13.7. The number of hydrogen-bond acceptors (Lipinski definition) is 18. The Morgan fingerprint density at radius 1 is 0.547 bits per heavy atom. The number of rotatable bonds is 20. The Bertz CT molecular complexity index is 3680. The lowest BCUT2D eigenvalue weighted by Crippen LogP contribution is -2.28. The van der Waals surface area contributed by atoms with Gasteiger partial charge in [-0.2, -0.15) is 0 Å². The molecule has 516 valence electrons. The zero-order valence-corrected chi connectivity index (χ0v) is 59.8. The zero-order chi connectivity index (χ0) is 70.6. The van der Waals surface area contributed by atoms with Crippen molar-refractivity contribution in [3.8, 4) is 68.2 Å². The van der Waals surface area contributed by atoms with Crippen LogP contribution in [0.4, 0.5) is 4.79 Å². The predicted molar refractivity (Wildman–Crippen MR) is 372 cm³/mol. The van der Waals surface area contributed by atoms with Crippen molar-refractivity contribution in [1.82, 2.24) is 15.5 Å². The number of alkyl carbamates (subject to hydrolysis) is 1. The molecule has 0 radical (unpaired) electrons. The number of aliphatic hydroxyl groups is 1. The normalized spacial score (nSPS) is 13.0. The molecule has 0 spiro atoms. The number of amides is 2. The molecule has 2 aliphatic carbocycles. The Balaban J connectivity index is 0.000000313. The monoisotopic (exact) mass is 1430 g/mol. The van der Waals surface area contributed by atoms with Crippen LogP contribution in [0, 0.1) is 0 Å². The standard InChI is InChI=1S/C31H32ClNO9.C23H27NO7.C8H6Cl2O.C6H15N.CHCl3/c1-37-25-13-11-19-21(14-24(25)34)23(33-31(36)41-5)12-10-20-22(27(38-2)29(40-4)28(39-3)26(19)20)16-42-30(35)18-8-6-17(15-32)7-9-18;1-12(26)24-17-8-6-14-16(11-25)21(29-3)23(31-5)22(30-4)20(14)13-7-9-19(28-2)18(27)10-15(13)17;9-5-6-1-3-7(4-2-6)8(10)11;1-4-7(5-2)6-3;2-1(3)4/h6-9,11,13-14,23H,10,12,15-16H2,1-5H3,(H,33,36);7,9-10,17,25H,6,8,11H2,1-5H3,(H,24,26);1-4H,5H2;4-6H2,1-3H3;1H/t23-;17-;;;/m11.../s1. The lowest BCUT2D eigenvalue weighted by molar-refractivity contribution is -0.119. The molecule has 0 bridgehead atoms. The smallest absolute Gasteiger partial charge is 0.407 e. The Morgan fingerprint density at radius 2 is 0.937 bits per heavy atom. The molecule has 6 aromatic rings. The van der Waals surface area contributed by atoms with E-state index < -0.39 is 33.7 Å². The van der Waals surface area contributed by atoms with Gasteiger partial charge in [0.15, 0.2) is 38.8 Å². The summed E-state index contributed by atoms with van der Waals surface area (Å²) in [4.78, 5) is 76.0. The van der Waals surface area contributed by atoms with Crippen LogP contribution in [-0.2, 0) is 52.1 Å². The number of nitrogens with zero attached hydrogens (tertiary/aromatic N) is 1. The van der Waals surface area contributed by atoms with Crippen molar-refractivity contribution in [2.24, 2.45) is 0 Å². The summed E-state index contributed by atoms with van der Waals surface area (Å²) in [6, 6.07) is 22.3. The fourth-order valence-electron chi connectivity index (χ4n) is 10.8. The lowest BCUT2D eigenvalue weighted by Gasteiger charge is -2.23. The molecule has 0 saturated heterocycles. The summed E-state index contributed by atoms with van der Waals surface area (Å²) in [5.74, 6) is 2.47. The van der Waals surface area contributed by atoms with E-state index in [0.717, 1.165) is 22.3 Å². The van der Waals surface area contributed by atoms with E-state index in [-0.39, 0.29) is 47.2 Å². The Kier molecular flexibility index (Phi) is 33.9. The van der Waals surface area contributed by atoms with Gasteiger partial charge in [0.25, 0.3) is 5.24 Å². The van der Waals surface area contributed by atoms with Crippen molar-refractivity contribution < 1.29 is 71.7 Å². The average Bonchev–Trinajstić information content (AvgIpc) is 1.73. The van der Waals surface area contributed by atoms with Gasteiger partial charge in [-0.25, -0.2) is 9.59 Å². The van der Waals surface area contributed by atoms with Crippen LogP contribution >= 0.6 is 69.6 Å². The molecule has 2 amide bonds. The average molecular weight is 1440 g/mol. The first-order chi connectivity index (χ1) is 45.5. The maximum atomic E-state index is 13.0. The first-order valence-corrected chi connectivity index (χ1v) is 32.5. The van der Waals surface area contributed by atoms with E-state index in [2.05, 4.69) is 36.3 Å². The number of esters is 1. The molecule has 20 nitrogen and oxygen atoms in total. The summed E-state index contributed by atoms with van der Waals surface area (Å²) >= 11 is 31.1. The van der Waals surface area contributed by atoms with Crippen molar-refractivity contribution in [1.29, 1.82) is 0 Å². The lowest BCUT2D eigenvalue weighted by atomic mass is 9.91. The molecule has 2 atom stereocenters. The highest BCUT2D eigenvalue weighted by Crippen LogP contribution is 2.54. The fraction of sp³-hybridized carbons (Fsp3) is 0.391. The topological polar surface area (TPSA) is 242 Å². The highest BCUT2D eigenvalue weighted by molar-refractivity contribution is 6.67. The molecule has 26 heteroatoms. The van der Waals surface area contributed by atoms with Gasteiger partial charge in [0.1, 0.15) is 6.61 Å². The number of ether oxygens (including phenoxy) is 10. The van der Waals surface area contributed by atoms with Crippen LogP contribution in [-0.4, -0.2) is 121 Å². The van der Waals surface area contributed by atoms with E-state index in [1.54, 1.807) is 72.8 Å². The van der Waals surface area contributed by atoms with E-state index in [4.69, 9.17) is 117 Å². The summed E-state index contributed by atoms with van der Waals surface area (Å²) in [7, 11) is 13.1. The Hall–Kier alpha value is -7.40. The Morgan fingerprint density at radius 3 is 1.27 bits per heavy atom. The second-order valence-electron chi connectivity index (χ2n) is 20.5. The number of carbonyl (C=O) groups is 4. The van der Waals surface area contributed by atoms with Crippen molar-refractivity contribution >= 4 is 92.8 Å². The molecule has 0 heterocycles.